The van der Waals surface area contributed by atoms with E-state index in [1.165, 1.54) is 50.5 Å². The molecule has 0 aromatic heterocycles. The van der Waals surface area contributed by atoms with Gasteiger partial charge in [0, 0.05) is 6.61 Å². The van der Waals surface area contributed by atoms with E-state index in [4.69, 9.17) is 0 Å². The molecule has 126 valence electrons. The van der Waals surface area contributed by atoms with Crippen molar-refractivity contribution in [2.75, 3.05) is 13.2 Å². The molecule has 2 N–H and O–H groups in total. The largest absolute Gasteiger partial charge is 0.396 e. The van der Waals surface area contributed by atoms with Crippen LogP contribution in [-0.4, -0.2) is 23.4 Å². The van der Waals surface area contributed by atoms with Gasteiger partial charge in [-0.1, -0.05) is 38.8 Å². The van der Waals surface area contributed by atoms with E-state index in [1.54, 1.807) is 0 Å². The Morgan fingerprint density at radius 1 is 1.14 bits per heavy atom. The van der Waals surface area contributed by atoms with Gasteiger partial charge in [-0.25, -0.2) is 0 Å². The first-order valence-electron chi connectivity index (χ1n) is 9.37. The molecule has 0 aromatic carbocycles. The molecular weight excluding hydrogens is 272 g/mol. The minimum Gasteiger partial charge on any atom is -0.396 e. The Labute approximate surface area is 136 Å². The van der Waals surface area contributed by atoms with Gasteiger partial charge in [-0.15, -0.1) is 0 Å². The molecule has 2 heteroatoms. The maximum absolute atomic E-state index is 10.0. The molecular formula is C20H34O2. The van der Waals surface area contributed by atoms with Crippen LogP contribution in [0.1, 0.15) is 65.7 Å². The van der Waals surface area contributed by atoms with Crippen LogP contribution in [0.5, 0.6) is 0 Å². The van der Waals surface area contributed by atoms with Crippen LogP contribution in [0.15, 0.2) is 11.6 Å². The van der Waals surface area contributed by atoms with Gasteiger partial charge >= 0.3 is 0 Å². The summed E-state index contributed by atoms with van der Waals surface area (Å²) < 4.78 is 0. The lowest BCUT2D eigenvalue weighted by molar-refractivity contribution is -0.132. The van der Waals surface area contributed by atoms with E-state index >= 15 is 0 Å². The Morgan fingerprint density at radius 2 is 1.91 bits per heavy atom. The Kier molecular flexibility index (Phi) is 4.46. The third kappa shape index (κ3) is 2.38. The molecule has 6 atom stereocenters. The van der Waals surface area contributed by atoms with Crippen molar-refractivity contribution in [3.05, 3.63) is 11.6 Å². The van der Waals surface area contributed by atoms with Crippen molar-refractivity contribution in [2.24, 2.45) is 34.5 Å². The topological polar surface area (TPSA) is 40.5 Å². The van der Waals surface area contributed by atoms with E-state index in [0.717, 1.165) is 11.8 Å². The summed E-state index contributed by atoms with van der Waals surface area (Å²) in [4.78, 5) is 0. The van der Waals surface area contributed by atoms with Crippen molar-refractivity contribution in [3.63, 3.8) is 0 Å². The van der Waals surface area contributed by atoms with Crippen molar-refractivity contribution in [1.82, 2.24) is 0 Å². The summed E-state index contributed by atoms with van der Waals surface area (Å²) in [5.74, 6) is 2.92. The van der Waals surface area contributed by atoms with Gasteiger partial charge in [0.05, 0.1) is 6.61 Å². The van der Waals surface area contributed by atoms with E-state index < -0.39 is 0 Å². The van der Waals surface area contributed by atoms with Crippen LogP contribution in [0.4, 0.5) is 0 Å². The fourth-order valence-corrected chi connectivity index (χ4v) is 6.75. The van der Waals surface area contributed by atoms with Gasteiger partial charge in [-0.05, 0) is 73.0 Å². The highest BCUT2D eigenvalue weighted by Crippen LogP contribution is 2.64. The second kappa shape index (κ2) is 5.94. The molecule has 2 nitrogen and oxygen atoms in total. The number of aliphatic hydroxyl groups is 2. The maximum Gasteiger partial charge on any atom is 0.0615 e. The normalized spacial score (nSPS) is 50.5. The molecule has 0 aromatic rings. The molecule has 0 spiro atoms. The summed E-state index contributed by atoms with van der Waals surface area (Å²) in [5.41, 5.74) is 2.05. The van der Waals surface area contributed by atoms with Crippen LogP contribution in [0.2, 0.25) is 0 Å². The summed E-state index contributed by atoms with van der Waals surface area (Å²) in [6, 6.07) is 0. The zero-order valence-corrected chi connectivity index (χ0v) is 14.6. The van der Waals surface area contributed by atoms with Gasteiger partial charge < -0.3 is 10.2 Å². The van der Waals surface area contributed by atoms with Gasteiger partial charge in [-0.2, -0.15) is 0 Å². The van der Waals surface area contributed by atoms with Crippen LogP contribution in [-0.2, 0) is 0 Å². The molecule has 22 heavy (non-hydrogen) atoms. The minimum absolute atomic E-state index is 0.141. The van der Waals surface area contributed by atoms with Crippen LogP contribution in [0, 0.1) is 34.5 Å². The van der Waals surface area contributed by atoms with E-state index in [2.05, 4.69) is 26.8 Å². The monoisotopic (exact) mass is 306 g/mol. The van der Waals surface area contributed by atoms with Crippen LogP contribution in [0.3, 0.4) is 0 Å². The van der Waals surface area contributed by atoms with E-state index in [0.29, 0.717) is 23.9 Å². The maximum atomic E-state index is 10.0. The lowest BCUT2D eigenvalue weighted by atomic mass is 9.43. The van der Waals surface area contributed by atoms with Crippen molar-refractivity contribution in [3.8, 4) is 0 Å². The summed E-state index contributed by atoms with van der Waals surface area (Å²) in [6.45, 7) is 7.80. The number of rotatable bonds is 2. The van der Waals surface area contributed by atoms with Crippen molar-refractivity contribution >= 4 is 0 Å². The highest BCUT2D eigenvalue weighted by atomic mass is 16.3. The molecule has 0 amide bonds. The number of allylic oxidation sites excluding steroid dienone is 1. The Morgan fingerprint density at radius 3 is 2.59 bits per heavy atom. The van der Waals surface area contributed by atoms with Gasteiger partial charge in [-0.3, -0.25) is 0 Å². The van der Waals surface area contributed by atoms with E-state index in [9.17, 15) is 10.2 Å². The predicted molar refractivity (Wildman–Crippen MR) is 90.4 cm³/mol. The molecule has 3 saturated carbocycles. The first kappa shape index (κ1) is 16.5. The van der Waals surface area contributed by atoms with Gasteiger partial charge in [0.2, 0.25) is 0 Å². The second-order valence-corrected chi connectivity index (χ2v) is 8.86. The minimum atomic E-state index is 0.141. The predicted octanol–water partition coefficient (Wildman–Crippen LogP) is 4.17. The third-order valence-corrected chi connectivity index (χ3v) is 7.94. The molecule has 0 bridgehead atoms. The summed E-state index contributed by atoms with van der Waals surface area (Å²) >= 11 is 0. The first-order valence-corrected chi connectivity index (χ1v) is 9.37. The van der Waals surface area contributed by atoms with Gasteiger partial charge in [0.15, 0.2) is 0 Å². The highest BCUT2D eigenvalue weighted by Gasteiger charge is 2.57. The molecule has 0 unspecified atom stereocenters. The standard InChI is InChI=1S/C20H34O2/c1-14-15(9-12-21)5-7-17-16(14)6-8-18-19(2,13-22)10-4-11-20(17,18)3/h9,14,16-18,21-22H,4-8,10-13H2,1-3H3/b15-9-/t14-,16-,17-,18-,19-,20+/m0/s1. The fourth-order valence-electron chi connectivity index (χ4n) is 6.75. The summed E-state index contributed by atoms with van der Waals surface area (Å²) in [7, 11) is 0. The quantitative estimate of drug-likeness (QED) is 0.752. The Balaban J connectivity index is 1.89. The van der Waals surface area contributed by atoms with Crippen molar-refractivity contribution in [2.45, 2.75) is 65.7 Å². The molecule has 3 rings (SSSR count). The average molecular weight is 306 g/mol. The van der Waals surface area contributed by atoms with Crippen LogP contribution >= 0.6 is 0 Å². The third-order valence-electron chi connectivity index (χ3n) is 7.94. The lowest BCUT2D eigenvalue weighted by Gasteiger charge is -2.62. The average Bonchev–Trinajstić information content (AvgIpc) is 2.50. The lowest BCUT2D eigenvalue weighted by Crippen LogP contribution is -2.55. The van der Waals surface area contributed by atoms with Gasteiger partial charge in [0.25, 0.3) is 0 Å². The smallest absolute Gasteiger partial charge is 0.0615 e. The second-order valence-electron chi connectivity index (χ2n) is 8.86. The molecule has 3 aliphatic carbocycles. The number of hydrogen-bond acceptors (Lipinski definition) is 2. The summed E-state index contributed by atoms with van der Waals surface area (Å²) in [6.07, 6.45) is 10.9. The molecule has 0 saturated heterocycles. The first-order chi connectivity index (χ1) is 10.5. The van der Waals surface area contributed by atoms with E-state index in [-0.39, 0.29) is 12.0 Å². The molecule has 0 radical (unpaired) electrons. The SMILES string of the molecule is C[C@H]1/C(=C\CO)CC[C@H]2[C@H]1CC[C@H]1[C@](C)(CO)CCC[C@]21C. The number of fused-ring (bicyclic) bond motifs is 3. The van der Waals surface area contributed by atoms with E-state index in [1.807, 2.05) is 0 Å². The van der Waals surface area contributed by atoms with Crippen molar-refractivity contribution in [1.29, 1.82) is 0 Å². The fraction of sp³-hybridized carbons (Fsp3) is 0.900. The molecule has 0 heterocycles. The van der Waals surface area contributed by atoms with Crippen LogP contribution < -0.4 is 0 Å². The highest BCUT2D eigenvalue weighted by molar-refractivity contribution is 5.16. The molecule has 3 aliphatic rings. The number of aliphatic hydroxyl groups excluding tert-OH is 2. The van der Waals surface area contributed by atoms with Gasteiger partial charge in [0.1, 0.15) is 0 Å². The van der Waals surface area contributed by atoms with Crippen LogP contribution in [0.25, 0.3) is 0 Å². The summed E-state index contributed by atoms with van der Waals surface area (Å²) in [5, 5.41) is 19.3. The Hall–Kier alpha value is -0.340. The Bertz CT molecular complexity index is 443. The zero-order valence-electron chi connectivity index (χ0n) is 14.6. The molecule has 0 aliphatic heterocycles. The van der Waals surface area contributed by atoms with Crippen molar-refractivity contribution < 1.29 is 10.2 Å². The number of hydrogen-bond donors (Lipinski definition) is 2. The zero-order chi connectivity index (χ0) is 16.0. The molecule has 3 fully saturated rings.